The molecule has 0 N–H and O–H groups in total. The number of rotatable bonds is 1. The van der Waals surface area contributed by atoms with E-state index in [9.17, 15) is 0 Å². The molecule has 0 spiro atoms. The van der Waals surface area contributed by atoms with E-state index in [1.807, 2.05) is 6.08 Å². The zero-order valence-electron chi connectivity index (χ0n) is 5.72. The van der Waals surface area contributed by atoms with Crippen LogP contribution in [0.2, 0.25) is 0 Å². The number of allylic oxidation sites excluding steroid dienone is 2. The molecule has 0 aliphatic rings. The molecular formula is C7H15Y-. The minimum atomic E-state index is 0. The van der Waals surface area contributed by atoms with Gasteiger partial charge in [-0.05, 0) is 6.42 Å². The van der Waals surface area contributed by atoms with Crippen molar-refractivity contribution in [2.24, 2.45) is 0 Å². The van der Waals surface area contributed by atoms with E-state index in [-0.39, 0.29) is 34.1 Å². The van der Waals surface area contributed by atoms with Gasteiger partial charge in [0.05, 0.1) is 0 Å². The summed E-state index contributed by atoms with van der Waals surface area (Å²) >= 11 is 0. The molecular weight excluding hydrogens is 173 g/mol. The quantitative estimate of drug-likeness (QED) is 0.438. The smallest absolute Gasteiger partial charge is 0 e. The molecule has 0 fully saturated rings. The van der Waals surface area contributed by atoms with E-state index in [1.165, 1.54) is 6.08 Å². The van der Waals surface area contributed by atoms with Crippen LogP contribution in [0.1, 0.15) is 21.7 Å². The molecule has 0 aliphatic carbocycles. The predicted octanol–water partition coefficient (Wildman–Crippen LogP) is 2.82. The summed E-state index contributed by atoms with van der Waals surface area (Å²) in [6.07, 6.45) is 4.46. The van der Waals surface area contributed by atoms with Gasteiger partial charge < -0.3 is 6.58 Å². The molecule has 8 heavy (non-hydrogen) atoms. The van der Waals surface area contributed by atoms with Crippen LogP contribution >= 0.6 is 0 Å². The van der Waals surface area contributed by atoms with Crippen LogP contribution < -0.4 is 0 Å². The third-order valence-electron chi connectivity index (χ3n) is 0.289. The Morgan fingerprint density at radius 2 is 1.88 bits per heavy atom. The Labute approximate surface area is 79.4 Å². The Balaban J connectivity index is -0.0000000233. The van der Waals surface area contributed by atoms with Crippen LogP contribution in [0.5, 0.6) is 0 Å². The molecule has 1 radical (unpaired) electrons. The van der Waals surface area contributed by atoms with Crippen molar-refractivity contribution in [2.45, 2.75) is 20.3 Å². The Morgan fingerprint density at radius 1 is 1.75 bits per heavy atom. The van der Waals surface area contributed by atoms with Crippen molar-refractivity contribution in [1.82, 2.24) is 0 Å². The maximum Gasteiger partial charge on any atom is 0 e. The average Bonchev–Trinajstić information content (AvgIpc) is 1.69. The van der Waals surface area contributed by atoms with Crippen LogP contribution in [0.3, 0.4) is 0 Å². The molecule has 0 amide bonds. The summed E-state index contributed by atoms with van der Waals surface area (Å²) in [5.41, 5.74) is 0. The van der Waals surface area contributed by atoms with Gasteiger partial charge in [-0.2, -0.15) is 0 Å². The van der Waals surface area contributed by atoms with E-state index < -0.39 is 0 Å². The Morgan fingerprint density at radius 3 is 1.88 bits per heavy atom. The first kappa shape index (κ1) is 15.8. The van der Waals surface area contributed by atoms with Gasteiger partial charge in [0.15, 0.2) is 0 Å². The Kier molecular flexibility index (Phi) is 50.7. The van der Waals surface area contributed by atoms with E-state index in [4.69, 9.17) is 6.58 Å². The van der Waals surface area contributed by atoms with Gasteiger partial charge in [-0.15, -0.1) is 6.58 Å². The van der Waals surface area contributed by atoms with Gasteiger partial charge in [-0.1, -0.05) is 19.9 Å². The van der Waals surface area contributed by atoms with Crippen molar-refractivity contribution in [1.29, 1.82) is 0 Å². The molecule has 0 unspecified atom stereocenters. The fourth-order valence-electron chi connectivity index (χ4n) is 0. The maximum atomic E-state index is 4.72. The van der Waals surface area contributed by atoms with Crippen molar-refractivity contribution < 1.29 is 34.1 Å². The second kappa shape index (κ2) is 25.6. The third kappa shape index (κ3) is 81.8. The summed E-state index contributed by atoms with van der Waals surface area (Å²) in [5.74, 6) is 0. The molecule has 1 heteroatoms. The van der Waals surface area contributed by atoms with Gasteiger partial charge >= 0.3 is 0 Å². The topological polar surface area (TPSA) is 0 Å². The third-order valence-corrected chi connectivity index (χ3v) is 0.289. The molecule has 0 saturated heterocycles. The minimum absolute atomic E-state index is 0. The first-order valence-corrected chi connectivity index (χ1v) is 2.43. The molecule has 0 atom stereocenters. The van der Waals surface area contributed by atoms with E-state index in [0.29, 0.717) is 0 Å². The summed E-state index contributed by atoms with van der Waals surface area (Å²) in [7, 11) is 0. The standard InChI is InChI=1S/C4H8.C3H5.Y.H2/c1-3-4-2;1-3-2;;/h3H,1,4H2,2H3;1,3H,2H3;;1H/q;-1;;. The first-order valence-electron chi connectivity index (χ1n) is 2.43. The average molecular weight is 188 g/mol. The zero-order valence-corrected chi connectivity index (χ0v) is 8.56. The van der Waals surface area contributed by atoms with Gasteiger partial charge in [-0.3, -0.25) is 6.08 Å². The molecule has 0 bridgehead atoms. The molecule has 0 nitrogen and oxygen atoms in total. The van der Waals surface area contributed by atoms with Gasteiger partial charge in [0.25, 0.3) is 0 Å². The number of hydrogen-bond donors (Lipinski definition) is 0. The second-order valence-electron chi connectivity index (χ2n) is 1.03. The monoisotopic (exact) mass is 188 g/mol. The minimum Gasteiger partial charge on any atom is -0.518 e. The van der Waals surface area contributed by atoms with Crippen LogP contribution in [-0.4, -0.2) is 0 Å². The van der Waals surface area contributed by atoms with Crippen molar-refractivity contribution >= 4 is 0 Å². The predicted molar refractivity (Wildman–Crippen MR) is 37.1 cm³/mol. The van der Waals surface area contributed by atoms with Crippen LogP contribution in [0.15, 0.2) is 18.7 Å². The van der Waals surface area contributed by atoms with Crippen LogP contribution in [-0.2, 0) is 32.7 Å². The van der Waals surface area contributed by atoms with E-state index in [0.717, 1.165) is 6.42 Å². The van der Waals surface area contributed by atoms with Crippen LogP contribution in [0.25, 0.3) is 0 Å². The summed E-state index contributed by atoms with van der Waals surface area (Å²) in [4.78, 5) is 0. The van der Waals surface area contributed by atoms with Gasteiger partial charge in [0.2, 0.25) is 0 Å². The summed E-state index contributed by atoms with van der Waals surface area (Å²) < 4.78 is 0. The van der Waals surface area contributed by atoms with Gasteiger partial charge in [0, 0.05) is 34.1 Å². The van der Waals surface area contributed by atoms with E-state index in [1.54, 1.807) is 6.92 Å². The molecule has 0 heterocycles. The van der Waals surface area contributed by atoms with Gasteiger partial charge in [-0.25, -0.2) is 0 Å². The van der Waals surface area contributed by atoms with E-state index >= 15 is 0 Å². The number of hydrogen-bond acceptors (Lipinski definition) is 0. The van der Waals surface area contributed by atoms with Crippen LogP contribution in [0.4, 0.5) is 0 Å². The van der Waals surface area contributed by atoms with Crippen molar-refractivity contribution in [3.05, 3.63) is 25.3 Å². The summed E-state index contributed by atoms with van der Waals surface area (Å²) in [5, 5.41) is 0. The zero-order chi connectivity index (χ0) is 6.12. The molecule has 0 saturated carbocycles. The molecule has 0 aromatic rings. The normalized spacial score (nSPS) is 4.75. The second-order valence-corrected chi connectivity index (χ2v) is 1.03. The fourth-order valence-corrected chi connectivity index (χ4v) is 0. The van der Waals surface area contributed by atoms with Gasteiger partial charge in [0.1, 0.15) is 0 Å². The van der Waals surface area contributed by atoms with Crippen molar-refractivity contribution in [2.75, 3.05) is 0 Å². The molecule has 0 aromatic heterocycles. The Hall–Kier alpha value is 0.584. The van der Waals surface area contributed by atoms with Crippen LogP contribution in [0, 0.1) is 6.58 Å². The molecule has 47 valence electrons. The SMILES string of the molecule is C=CCC.[CH-]=CC.[HH].[Y]. The van der Waals surface area contributed by atoms with E-state index in [2.05, 4.69) is 13.5 Å². The first-order chi connectivity index (χ1) is 3.33. The molecule has 0 rings (SSSR count). The fraction of sp³-hybridized carbons (Fsp3) is 0.429. The summed E-state index contributed by atoms with van der Waals surface area (Å²) in [6.45, 7) is 12.0. The van der Waals surface area contributed by atoms with Crippen molar-refractivity contribution in [3.8, 4) is 0 Å². The molecule has 0 aromatic carbocycles. The molecule has 0 aliphatic heterocycles. The Bertz CT molecular complexity index is 44.2. The largest absolute Gasteiger partial charge is 0.518 e. The maximum absolute atomic E-state index is 4.72. The summed E-state index contributed by atoms with van der Waals surface area (Å²) in [6, 6.07) is 0. The van der Waals surface area contributed by atoms with Crippen molar-refractivity contribution in [3.63, 3.8) is 0 Å².